The fourth-order valence-corrected chi connectivity index (χ4v) is 9.21. The zero-order valence-corrected chi connectivity index (χ0v) is 29.2. The summed E-state index contributed by atoms with van der Waals surface area (Å²) < 4.78 is 15.6. The van der Waals surface area contributed by atoms with Gasteiger partial charge in [-0.25, -0.2) is 9.97 Å². The van der Waals surface area contributed by atoms with Crippen molar-refractivity contribution < 1.29 is 8.83 Å². The molecule has 0 atom stereocenters. The molecule has 4 heterocycles. The fourth-order valence-electron chi connectivity index (χ4n) is 9.21. The molecule has 13 rings (SSSR count). The van der Waals surface area contributed by atoms with Crippen LogP contribution in [0.4, 0.5) is 0 Å². The van der Waals surface area contributed by atoms with E-state index < -0.39 is 0 Å². The van der Waals surface area contributed by atoms with Gasteiger partial charge in [0.2, 0.25) is 5.95 Å². The summed E-state index contributed by atoms with van der Waals surface area (Å²) in [5.41, 5.74) is 8.03. The van der Waals surface area contributed by atoms with Crippen LogP contribution in [0.15, 0.2) is 173 Å². The minimum absolute atomic E-state index is 0.580. The summed E-state index contributed by atoms with van der Waals surface area (Å²) in [4.78, 5) is 11.1. The third-order valence-corrected chi connectivity index (χ3v) is 11.6. The number of aromatic nitrogens is 3. The molecule has 4 aromatic heterocycles. The average Bonchev–Trinajstić information content (AvgIpc) is 3.93. The Balaban J connectivity index is 1.25. The van der Waals surface area contributed by atoms with Gasteiger partial charge < -0.3 is 8.83 Å². The molecule has 55 heavy (non-hydrogen) atoms. The third kappa shape index (κ3) is 3.86. The predicted molar refractivity (Wildman–Crippen MR) is 226 cm³/mol. The van der Waals surface area contributed by atoms with Gasteiger partial charge in [0.15, 0.2) is 5.58 Å². The van der Waals surface area contributed by atoms with Gasteiger partial charge in [-0.2, -0.15) is 0 Å². The van der Waals surface area contributed by atoms with E-state index in [4.69, 9.17) is 18.8 Å². The van der Waals surface area contributed by atoms with E-state index in [0.717, 1.165) is 120 Å². The normalized spacial score (nSPS) is 12.4. The Morgan fingerprint density at radius 2 is 0.982 bits per heavy atom. The molecule has 0 amide bonds. The van der Waals surface area contributed by atoms with E-state index in [-0.39, 0.29) is 0 Å². The number of fused-ring (bicyclic) bond motifs is 18. The molecule has 0 saturated carbocycles. The quantitative estimate of drug-likeness (QED) is 0.168. The van der Waals surface area contributed by atoms with E-state index >= 15 is 0 Å². The van der Waals surface area contributed by atoms with Gasteiger partial charge in [-0.05, 0) is 57.3 Å². The van der Waals surface area contributed by atoms with Crippen LogP contribution in [0, 0.1) is 0 Å². The van der Waals surface area contributed by atoms with Crippen molar-refractivity contribution in [3.63, 3.8) is 0 Å². The van der Waals surface area contributed by atoms with Crippen LogP contribution in [0.1, 0.15) is 0 Å². The van der Waals surface area contributed by atoms with Crippen LogP contribution < -0.4 is 0 Å². The highest BCUT2D eigenvalue weighted by Crippen LogP contribution is 2.47. The van der Waals surface area contributed by atoms with Crippen LogP contribution in [-0.2, 0) is 0 Å². The summed E-state index contributed by atoms with van der Waals surface area (Å²) in [7, 11) is 0. The monoisotopic (exact) mass is 701 g/mol. The highest BCUT2D eigenvalue weighted by molar-refractivity contribution is 6.36. The molecule has 0 aliphatic carbocycles. The molecule has 5 nitrogen and oxygen atoms in total. The predicted octanol–water partition coefficient (Wildman–Crippen LogP) is 13.7. The largest absolute Gasteiger partial charge is 0.456 e. The van der Waals surface area contributed by atoms with Crippen LogP contribution in [0.5, 0.6) is 0 Å². The molecule has 0 aliphatic heterocycles. The molecule has 13 aromatic rings. The zero-order chi connectivity index (χ0) is 35.8. The summed E-state index contributed by atoms with van der Waals surface area (Å²) in [6.07, 6.45) is 0. The summed E-state index contributed by atoms with van der Waals surface area (Å²) in [6.45, 7) is 0. The number of nitrogens with zero attached hydrogens (tertiary/aromatic N) is 3. The first-order valence-corrected chi connectivity index (χ1v) is 18.6. The number of para-hydroxylation sites is 2. The van der Waals surface area contributed by atoms with Crippen molar-refractivity contribution in [2.24, 2.45) is 0 Å². The van der Waals surface area contributed by atoms with Crippen LogP contribution >= 0.6 is 0 Å². The van der Waals surface area contributed by atoms with Crippen molar-refractivity contribution in [1.29, 1.82) is 0 Å². The van der Waals surface area contributed by atoms with E-state index in [2.05, 4.69) is 150 Å². The first-order chi connectivity index (χ1) is 27.3. The number of furan rings is 2. The van der Waals surface area contributed by atoms with E-state index in [1.54, 1.807) is 0 Å². The van der Waals surface area contributed by atoms with Gasteiger partial charge >= 0.3 is 0 Å². The summed E-state index contributed by atoms with van der Waals surface area (Å²) in [6, 6.07) is 57.5. The smallest absolute Gasteiger partial charge is 0.235 e. The lowest BCUT2D eigenvalue weighted by atomic mass is 9.98. The Bertz CT molecular complexity index is 3790. The number of rotatable bonds is 2. The maximum absolute atomic E-state index is 6.93. The van der Waals surface area contributed by atoms with Crippen LogP contribution in [0.25, 0.3) is 126 Å². The zero-order valence-electron chi connectivity index (χ0n) is 29.2. The van der Waals surface area contributed by atoms with Gasteiger partial charge in [0, 0.05) is 48.7 Å². The molecule has 0 radical (unpaired) electrons. The average molecular weight is 702 g/mol. The Kier molecular flexibility index (Phi) is 5.57. The second kappa shape index (κ2) is 10.6. The topological polar surface area (TPSA) is 57.0 Å². The van der Waals surface area contributed by atoms with Crippen molar-refractivity contribution in [3.8, 4) is 17.2 Å². The standard InChI is InChI=1S/C50H27N3O2/c1-3-13-31-28(11-1)23-26-39-45(31)46(30-22-24-34-33-15-7-9-19-40(33)54-42(34)27-30)52-50(51-39)53-47-32-14-4-2-12-29(32)21-25-38(47)43-35-16-5-6-17-36(35)44-37-18-8-10-20-41(37)55-49(44)48(43)53/h1-27H. The number of benzene rings is 9. The molecule has 0 unspecified atom stereocenters. The molecule has 0 fully saturated rings. The highest BCUT2D eigenvalue weighted by Gasteiger charge is 2.26. The summed E-state index contributed by atoms with van der Waals surface area (Å²) >= 11 is 0. The van der Waals surface area contributed by atoms with Crippen molar-refractivity contribution in [3.05, 3.63) is 164 Å². The summed E-state index contributed by atoms with van der Waals surface area (Å²) in [5.74, 6) is 0.580. The van der Waals surface area contributed by atoms with E-state index in [1.807, 2.05) is 18.2 Å². The number of hydrogen-bond acceptors (Lipinski definition) is 4. The lowest BCUT2D eigenvalue weighted by molar-refractivity contribution is 0.669. The molecule has 0 spiro atoms. The molecular weight excluding hydrogens is 675 g/mol. The molecule has 0 aliphatic rings. The second-order valence-corrected chi connectivity index (χ2v) is 14.5. The maximum Gasteiger partial charge on any atom is 0.235 e. The van der Waals surface area contributed by atoms with Crippen molar-refractivity contribution in [2.75, 3.05) is 0 Å². The Hall–Kier alpha value is -7.50. The fraction of sp³-hybridized carbons (Fsp3) is 0. The van der Waals surface area contributed by atoms with Crippen LogP contribution in [0.3, 0.4) is 0 Å². The van der Waals surface area contributed by atoms with E-state index in [0.29, 0.717) is 5.95 Å². The van der Waals surface area contributed by atoms with Crippen molar-refractivity contribution in [2.45, 2.75) is 0 Å². The van der Waals surface area contributed by atoms with Gasteiger partial charge in [0.1, 0.15) is 22.3 Å². The minimum atomic E-state index is 0.580. The highest BCUT2D eigenvalue weighted by atomic mass is 16.3. The van der Waals surface area contributed by atoms with Gasteiger partial charge in [-0.3, -0.25) is 4.57 Å². The van der Waals surface area contributed by atoms with Crippen molar-refractivity contribution >= 4 is 109 Å². The lowest BCUT2D eigenvalue weighted by Gasteiger charge is -2.14. The molecule has 254 valence electrons. The molecule has 0 N–H and O–H groups in total. The van der Waals surface area contributed by atoms with Gasteiger partial charge in [0.25, 0.3) is 0 Å². The molecular formula is C50H27N3O2. The maximum atomic E-state index is 6.93. The second-order valence-electron chi connectivity index (χ2n) is 14.5. The van der Waals surface area contributed by atoms with E-state index in [1.165, 1.54) is 0 Å². The van der Waals surface area contributed by atoms with Gasteiger partial charge in [-0.15, -0.1) is 0 Å². The van der Waals surface area contributed by atoms with Crippen molar-refractivity contribution in [1.82, 2.24) is 14.5 Å². The molecule has 9 aromatic carbocycles. The Labute approximate surface area is 312 Å². The summed E-state index contributed by atoms with van der Waals surface area (Å²) in [5, 5.41) is 14.4. The lowest BCUT2D eigenvalue weighted by Crippen LogP contribution is -2.04. The van der Waals surface area contributed by atoms with Gasteiger partial charge in [-0.1, -0.05) is 133 Å². The first-order valence-electron chi connectivity index (χ1n) is 18.6. The SMILES string of the molecule is c1ccc2c(c1)ccc1nc(-n3c4c5ccccc5ccc4c4c5ccccc5c5c6ccccc6oc5c43)nc(-c3ccc4c(c3)oc3ccccc34)c12. The van der Waals surface area contributed by atoms with Crippen LogP contribution in [-0.4, -0.2) is 14.5 Å². The Morgan fingerprint density at radius 3 is 1.80 bits per heavy atom. The number of hydrogen-bond donors (Lipinski definition) is 0. The molecule has 0 bridgehead atoms. The third-order valence-electron chi connectivity index (χ3n) is 11.6. The van der Waals surface area contributed by atoms with Gasteiger partial charge in [0.05, 0.1) is 16.7 Å². The molecule has 5 heteroatoms. The molecule has 0 saturated heterocycles. The minimum Gasteiger partial charge on any atom is -0.456 e. The first kappa shape index (κ1) is 29.0. The van der Waals surface area contributed by atoms with Crippen LogP contribution in [0.2, 0.25) is 0 Å². The Morgan fingerprint density at radius 1 is 0.382 bits per heavy atom. The van der Waals surface area contributed by atoms with E-state index in [9.17, 15) is 0 Å².